The summed E-state index contributed by atoms with van der Waals surface area (Å²) < 4.78 is 12.7. The average molecular weight is 288 g/mol. The molecule has 1 aliphatic heterocycles. The van der Waals surface area contributed by atoms with Gasteiger partial charge in [0.15, 0.2) is 5.79 Å². The predicted octanol–water partition coefficient (Wildman–Crippen LogP) is 2.57. The van der Waals surface area contributed by atoms with E-state index in [1.165, 1.54) is 10.8 Å². The van der Waals surface area contributed by atoms with Crippen molar-refractivity contribution in [1.82, 2.24) is 9.55 Å². The molecule has 110 valence electrons. The first kappa shape index (κ1) is 12.8. The summed E-state index contributed by atoms with van der Waals surface area (Å²) in [5.41, 5.74) is 2.32. The molecule has 6 nitrogen and oxygen atoms in total. The van der Waals surface area contributed by atoms with E-state index < -0.39 is 11.9 Å². The van der Waals surface area contributed by atoms with Crippen molar-refractivity contribution >= 4 is 17.1 Å². The second kappa shape index (κ2) is 4.54. The van der Waals surface area contributed by atoms with E-state index in [0.717, 1.165) is 25.0 Å². The van der Waals surface area contributed by atoms with E-state index >= 15 is 0 Å². The molecule has 1 atom stereocenters. The summed E-state index contributed by atoms with van der Waals surface area (Å²) in [4.78, 5) is 15.7. The number of nitrogens with zero attached hydrogens (tertiary/aromatic N) is 2. The molecule has 3 heterocycles. The van der Waals surface area contributed by atoms with Crippen molar-refractivity contribution in [1.29, 1.82) is 0 Å². The Hall–Kier alpha value is -1.92. The molecule has 2 fully saturated rings. The molecule has 0 radical (unpaired) electrons. The molecule has 1 aliphatic carbocycles. The zero-order valence-corrected chi connectivity index (χ0v) is 11.5. The second-order valence-electron chi connectivity index (χ2n) is 5.66. The Kier molecular flexibility index (Phi) is 2.77. The zero-order chi connectivity index (χ0) is 14.4. The van der Waals surface area contributed by atoms with Crippen LogP contribution in [0.2, 0.25) is 0 Å². The highest BCUT2D eigenvalue weighted by atomic mass is 16.7. The number of rotatable bonds is 1. The number of carboxylic acid groups (broad SMARTS) is 1. The van der Waals surface area contributed by atoms with Crippen LogP contribution in [0.25, 0.3) is 11.0 Å². The molecule has 1 saturated carbocycles. The van der Waals surface area contributed by atoms with E-state index in [1.54, 1.807) is 6.07 Å². The van der Waals surface area contributed by atoms with E-state index in [1.807, 2.05) is 12.1 Å². The summed E-state index contributed by atoms with van der Waals surface area (Å²) in [6, 6.07) is 5.48. The fourth-order valence-corrected chi connectivity index (χ4v) is 3.41. The molecule has 1 N–H and O–H groups in total. The molecule has 1 saturated heterocycles. The van der Waals surface area contributed by atoms with Crippen LogP contribution in [0.1, 0.15) is 30.9 Å². The van der Waals surface area contributed by atoms with Gasteiger partial charge in [0, 0.05) is 30.7 Å². The van der Waals surface area contributed by atoms with Gasteiger partial charge in [-0.25, -0.2) is 4.79 Å². The molecule has 2 aromatic rings. The highest BCUT2D eigenvalue weighted by molar-refractivity contribution is 5.86. The maximum absolute atomic E-state index is 11.1. The van der Waals surface area contributed by atoms with E-state index in [9.17, 15) is 4.79 Å². The summed E-state index contributed by atoms with van der Waals surface area (Å²) in [6.07, 6.45) is 3.24. The van der Waals surface area contributed by atoms with E-state index in [4.69, 9.17) is 14.6 Å². The van der Waals surface area contributed by atoms with Crippen LogP contribution in [0.5, 0.6) is 0 Å². The van der Waals surface area contributed by atoms with Crippen LogP contribution in [0.15, 0.2) is 24.4 Å². The minimum absolute atomic E-state index is 0.306. The van der Waals surface area contributed by atoms with Crippen molar-refractivity contribution in [3.63, 3.8) is 0 Å². The van der Waals surface area contributed by atoms with Crippen LogP contribution in [0, 0.1) is 0 Å². The summed E-state index contributed by atoms with van der Waals surface area (Å²) in [5.74, 6) is -0.102. The molecule has 6 heteroatoms. The van der Waals surface area contributed by atoms with Crippen LogP contribution in [0.3, 0.4) is 0 Å². The maximum Gasteiger partial charge on any atom is 0.416 e. The first-order chi connectivity index (χ1) is 10.2. The van der Waals surface area contributed by atoms with Crippen molar-refractivity contribution in [2.24, 2.45) is 0 Å². The lowest BCUT2D eigenvalue weighted by atomic mass is 10.0. The third-order valence-corrected chi connectivity index (χ3v) is 4.43. The molecular formula is C15H16N2O4. The maximum atomic E-state index is 11.1. The minimum atomic E-state index is -0.993. The molecule has 4 rings (SSSR count). The lowest BCUT2D eigenvalue weighted by molar-refractivity contribution is -0.151. The molecule has 0 aromatic carbocycles. The number of ether oxygens (including phenoxy) is 2. The lowest BCUT2D eigenvalue weighted by Crippen LogP contribution is -2.25. The van der Waals surface area contributed by atoms with E-state index in [0.29, 0.717) is 30.2 Å². The summed E-state index contributed by atoms with van der Waals surface area (Å²) in [7, 11) is 0. The molecule has 2 aromatic heterocycles. The Balaban J connectivity index is 1.64. The summed E-state index contributed by atoms with van der Waals surface area (Å²) in [5, 5.41) is 9.09. The number of pyridine rings is 1. The number of hydrogen-bond donors (Lipinski definition) is 1. The Morgan fingerprint density at radius 1 is 1.33 bits per heavy atom. The van der Waals surface area contributed by atoms with Gasteiger partial charge in [0.05, 0.1) is 24.2 Å². The highest BCUT2D eigenvalue weighted by Gasteiger charge is 2.44. The van der Waals surface area contributed by atoms with E-state index in [-0.39, 0.29) is 0 Å². The predicted molar refractivity (Wildman–Crippen MR) is 74.4 cm³/mol. The molecule has 0 amide bonds. The third kappa shape index (κ3) is 2.02. The van der Waals surface area contributed by atoms with Crippen molar-refractivity contribution in [2.45, 2.75) is 31.0 Å². The lowest BCUT2D eigenvalue weighted by Gasteiger charge is -2.21. The topological polar surface area (TPSA) is 73.6 Å². The fourth-order valence-electron chi connectivity index (χ4n) is 3.41. The van der Waals surface area contributed by atoms with Gasteiger partial charge in [0.25, 0.3) is 0 Å². The molecule has 1 spiro atoms. The Bertz CT molecular complexity index is 703. The summed E-state index contributed by atoms with van der Waals surface area (Å²) in [6.45, 7) is 1.33. The molecule has 0 bridgehead atoms. The van der Waals surface area contributed by atoms with Gasteiger partial charge in [-0.05, 0) is 24.6 Å². The zero-order valence-electron chi connectivity index (χ0n) is 11.5. The van der Waals surface area contributed by atoms with Gasteiger partial charge in [-0.15, -0.1) is 0 Å². The smallest absolute Gasteiger partial charge is 0.416 e. The van der Waals surface area contributed by atoms with Gasteiger partial charge in [0.2, 0.25) is 0 Å². The number of fused-ring (bicyclic) bond motifs is 1. The van der Waals surface area contributed by atoms with Gasteiger partial charge in [-0.2, -0.15) is 0 Å². The van der Waals surface area contributed by atoms with Gasteiger partial charge in [-0.3, -0.25) is 9.55 Å². The van der Waals surface area contributed by atoms with Crippen molar-refractivity contribution in [3.05, 3.63) is 30.1 Å². The third-order valence-electron chi connectivity index (χ3n) is 4.43. The van der Waals surface area contributed by atoms with Gasteiger partial charge in [0.1, 0.15) is 0 Å². The largest absolute Gasteiger partial charge is 0.464 e. The van der Waals surface area contributed by atoms with Crippen LogP contribution in [0.4, 0.5) is 4.79 Å². The molecule has 1 unspecified atom stereocenters. The Morgan fingerprint density at radius 2 is 2.14 bits per heavy atom. The van der Waals surface area contributed by atoms with Crippen molar-refractivity contribution in [2.75, 3.05) is 13.2 Å². The van der Waals surface area contributed by atoms with Gasteiger partial charge >= 0.3 is 6.09 Å². The normalized spacial score (nSPS) is 24.1. The van der Waals surface area contributed by atoms with Crippen LogP contribution in [-0.2, 0) is 9.47 Å². The summed E-state index contributed by atoms with van der Waals surface area (Å²) >= 11 is 0. The quantitative estimate of drug-likeness (QED) is 0.873. The first-order valence-electron chi connectivity index (χ1n) is 7.16. The van der Waals surface area contributed by atoms with Crippen LogP contribution < -0.4 is 0 Å². The standard InChI is InChI=1S/C15H16N2O4/c18-14(19)17-6-4-12-13(17)2-1-11(16-12)10-3-5-15(9-10)20-7-8-21-15/h1-2,4,6,10H,3,5,7-9H2,(H,18,19). The second-order valence-corrected chi connectivity index (χ2v) is 5.66. The minimum Gasteiger partial charge on any atom is -0.464 e. The Labute approximate surface area is 121 Å². The number of hydrogen-bond acceptors (Lipinski definition) is 4. The monoisotopic (exact) mass is 288 g/mol. The molecule has 2 aliphatic rings. The number of aromatic nitrogens is 2. The fraction of sp³-hybridized carbons (Fsp3) is 0.467. The molecule has 21 heavy (non-hydrogen) atoms. The average Bonchev–Trinajstić information content (AvgIpc) is 3.19. The number of carbonyl (C=O) groups is 1. The first-order valence-corrected chi connectivity index (χ1v) is 7.16. The Morgan fingerprint density at radius 3 is 2.90 bits per heavy atom. The van der Waals surface area contributed by atoms with Gasteiger partial charge < -0.3 is 14.6 Å². The van der Waals surface area contributed by atoms with Crippen molar-refractivity contribution in [3.8, 4) is 0 Å². The highest BCUT2D eigenvalue weighted by Crippen LogP contribution is 2.45. The molecular weight excluding hydrogens is 272 g/mol. The van der Waals surface area contributed by atoms with Gasteiger partial charge in [-0.1, -0.05) is 0 Å². The van der Waals surface area contributed by atoms with Crippen molar-refractivity contribution < 1.29 is 19.4 Å². The van der Waals surface area contributed by atoms with Crippen LogP contribution in [-0.4, -0.2) is 39.8 Å². The van der Waals surface area contributed by atoms with Crippen LogP contribution >= 0.6 is 0 Å². The van der Waals surface area contributed by atoms with E-state index in [2.05, 4.69) is 4.98 Å². The SMILES string of the molecule is O=C(O)n1ccc2nc(C3CCC4(C3)OCCO4)ccc21.